The molecule has 1 aliphatic heterocycles. The van der Waals surface area contributed by atoms with Gasteiger partial charge in [-0.25, -0.2) is 0 Å². The molecule has 0 aromatic carbocycles. The van der Waals surface area contributed by atoms with Crippen LogP contribution in [0.1, 0.15) is 19.8 Å². The van der Waals surface area contributed by atoms with Gasteiger partial charge in [-0.15, -0.1) is 11.6 Å². The van der Waals surface area contributed by atoms with Gasteiger partial charge < -0.3 is 9.84 Å². The van der Waals surface area contributed by atoms with Crippen LogP contribution in [0.2, 0.25) is 0 Å². The topological polar surface area (TPSA) is 32.7 Å². The van der Waals surface area contributed by atoms with Gasteiger partial charge in [0.2, 0.25) is 0 Å². The molecule has 1 aliphatic rings. The van der Waals surface area contributed by atoms with E-state index >= 15 is 0 Å². The van der Waals surface area contributed by atoms with Gasteiger partial charge >= 0.3 is 0 Å². The van der Waals surface area contributed by atoms with Crippen molar-refractivity contribution in [3.63, 3.8) is 0 Å². The molecule has 0 saturated carbocycles. The molecule has 1 heterocycles. The van der Waals surface area contributed by atoms with Gasteiger partial charge in [-0.1, -0.05) is 6.92 Å². The van der Waals surface area contributed by atoms with E-state index < -0.39 is 0 Å². The summed E-state index contributed by atoms with van der Waals surface area (Å²) < 4.78 is 5.33. The molecule has 15 heavy (non-hydrogen) atoms. The van der Waals surface area contributed by atoms with Crippen LogP contribution in [0.3, 0.4) is 0 Å². The third-order valence-electron chi connectivity index (χ3n) is 3.07. The van der Waals surface area contributed by atoms with Gasteiger partial charge in [0.15, 0.2) is 0 Å². The Morgan fingerprint density at radius 1 is 1.53 bits per heavy atom. The summed E-state index contributed by atoms with van der Waals surface area (Å²) in [5.74, 6) is 1.41. The van der Waals surface area contributed by atoms with E-state index in [9.17, 15) is 5.11 Å². The second kappa shape index (κ2) is 7.44. The van der Waals surface area contributed by atoms with E-state index in [1.165, 1.54) is 0 Å². The Balaban J connectivity index is 2.22. The Labute approximate surface area is 97.4 Å². The van der Waals surface area contributed by atoms with Crippen LogP contribution in [-0.2, 0) is 4.74 Å². The zero-order chi connectivity index (χ0) is 11.1. The first-order valence-electron chi connectivity index (χ1n) is 5.76. The molecule has 1 rings (SSSR count). The maximum absolute atomic E-state index is 9.19. The van der Waals surface area contributed by atoms with Crippen LogP contribution >= 0.6 is 11.6 Å². The highest BCUT2D eigenvalue weighted by atomic mass is 35.5. The van der Waals surface area contributed by atoms with E-state index in [1.54, 1.807) is 0 Å². The van der Waals surface area contributed by atoms with Crippen molar-refractivity contribution in [1.29, 1.82) is 0 Å². The molecule has 0 radical (unpaired) electrons. The lowest BCUT2D eigenvalue weighted by atomic mass is 10.0. The van der Waals surface area contributed by atoms with E-state index in [0.29, 0.717) is 12.5 Å². The van der Waals surface area contributed by atoms with Gasteiger partial charge in [-0.2, -0.15) is 0 Å². The smallest absolute Gasteiger partial charge is 0.0644 e. The van der Waals surface area contributed by atoms with Crippen molar-refractivity contribution in [2.75, 3.05) is 38.8 Å². The lowest BCUT2D eigenvalue weighted by Gasteiger charge is -2.34. The van der Waals surface area contributed by atoms with E-state index in [1.807, 2.05) is 0 Å². The van der Waals surface area contributed by atoms with Crippen molar-refractivity contribution in [1.82, 2.24) is 4.90 Å². The molecule has 3 nitrogen and oxygen atoms in total. The van der Waals surface area contributed by atoms with Crippen molar-refractivity contribution in [2.24, 2.45) is 5.92 Å². The summed E-state index contributed by atoms with van der Waals surface area (Å²) in [5.41, 5.74) is 0. The molecule has 0 aromatic heterocycles. The number of halogens is 1. The zero-order valence-electron chi connectivity index (χ0n) is 9.49. The maximum atomic E-state index is 9.19. The van der Waals surface area contributed by atoms with Crippen LogP contribution in [0, 0.1) is 5.92 Å². The minimum absolute atomic E-state index is 0.196. The maximum Gasteiger partial charge on any atom is 0.0644 e. The molecule has 0 amide bonds. The highest BCUT2D eigenvalue weighted by molar-refractivity contribution is 6.17. The Bertz CT molecular complexity index is 169. The monoisotopic (exact) mass is 235 g/mol. The third kappa shape index (κ3) is 4.68. The number of alkyl halides is 1. The second-order valence-electron chi connectivity index (χ2n) is 4.32. The molecule has 4 heteroatoms. The number of aliphatic hydroxyl groups is 1. The lowest BCUT2D eigenvalue weighted by molar-refractivity contribution is -0.0290. The van der Waals surface area contributed by atoms with Gasteiger partial charge in [0.05, 0.1) is 25.9 Å². The van der Waals surface area contributed by atoms with Crippen LogP contribution in [0.5, 0.6) is 0 Å². The second-order valence-corrected chi connectivity index (χ2v) is 4.70. The lowest BCUT2D eigenvalue weighted by Crippen LogP contribution is -2.48. The van der Waals surface area contributed by atoms with Crippen LogP contribution in [0.15, 0.2) is 0 Å². The molecule has 0 aromatic rings. The predicted octanol–water partition coefficient (Wildman–Crippen LogP) is 1.33. The summed E-state index contributed by atoms with van der Waals surface area (Å²) in [6.45, 7) is 5.88. The molecule has 1 N–H and O–H groups in total. The number of rotatable bonds is 6. The summed E-state index contributed by atoms with van der Waals surface area (Å²) in [7, 11) is 0. The van der Waals surface area contributed by atoms with Gasteiger partial charge in [0, 0.05) is 12.4 Å². The van der Waals surface area contributed by atoms with Crippen LogP contribution in [0.4, 0.5) is 0 Å². The van der Waals surface area contributed by atoms with Crippen molar-refractivity contribution < 1.29 is 9.84 Å². The molecule has 90 valence electrons. The molecule has 0 spiro atoms. The number of nitrogens with zero attached hydrogens (tertiary/aromatic N) is 1. The average Bonchev–Trinajstić information content (AvgIpc) is 2.27. The van der Waals surface area contributed by atoms with Crippen molar-refractivity contribution in [3.8, 4) is 0 Å². The highest BCUT2D eigenvalue weighted by Gasteiger charge is 2.21. The fourth-order valence-electron chi connectivity index (χ4n) is 1.87. The average molecular weight is 236 g/mol. The van der Waals surface area contributed by atoms with Gasteiger partial charge in [0.25, 0.3) is 0 Å². The number of morpholine rings is 1. The molecule has 1 saturated heterocycles. The summed E-state index contributed by atoms with van der Waals surface area (Å²) in [4.78, 5) is 2.33. The molecular formula is C11H22ClNO2. The summed E-state index contributed by atoms with van der Waals surface area (Å²) in [5, 5.41) is 9.19. The largest absolute Gasteiger partial charge is 0.395 e. The quantitative estimate of drug-likeness (QED) is 0.706. The van der Waals surface area contributed by atoms with E-state index in [0.717, 1.165) is 38.4 Å². The summed E-state index contributed by atoms with van der Waals surface area (Å²) in [6, 6.07) is 0.196. The zero-order valence-corrected chi connectivity index (χ0v) is 10.2. The fraction of sp³-hybridized carbons (Fsp3) is 1.00. The standard InChI is InChI=1S/C11H22ClNO2/c1-10(2-4-12)3-5-13-6-7-15-9-11(13)8-14/h10-11,14H,2-9H2,1H3. The SMILES string of the molecule is CC(CCCl)CCN1CCOCC1CO. The van der Waals surface area contributed by atoms with Gasteiger partial charge in [-0.05, 0) is 25.3 Å². The van der Waals surface area contributed by atoms with E-state index in [-0.39, 0.29) is 12.6 Å². The van der Waals surface area contributed by atoms with Crippen molar-refractivity contribution in [3.05, 3.63) is 0 Å². The number of ether oxygens (including phenoxy) is 1. The van der Waals surface area contributed by atoms with Gasteiger partial charge in [-0.3, -0.25) is 4.90 Å². The minimum atomic E-state index is 0.196. The summed E-state index contributed by atoms with van der Waals surface area (Å²) >= 11 is 5.70. The first-order chi connectivity index (χ1) is 7.27. The normalized spacial score (nSPS) is 25.4. The minimum Gasteiger partial charge on any atom is -0.395 e. The highest BCUT2D eigenvalue weighted by Crippen LogP contribution is 2.13. The van der Waals surface area contributed by atoms with Gasteiger partial charge in [0.1, 0.15) is 0 Å². The van der Waals surface area contributed by atoms with E-state index in [4.69, 9.17) is 16.3 Å². The van der Waals surface area contributed by atoms with Crippen LogP contribution < -0.4 is 0 Å². The van der Waals surface area contributed by atoms with Crippen molar-refractivity contribution >= 4 is 11.6 Å². The Morgan fingerprint density at radius 3 is 3.00 bits per heavy atom. The van der Waals surface area contributed by atoms with Crippen molar-refractivity contribution in [2.45, 2.75) is 25.8 Å². The fourth-order valence-corrected chi connectivity index (χ4v) is 2.24. The van der Waals surface area contributed by atoms with Crippen LogP contribution in [0.25, 0.3) is 0 Å². The first kappa shape index (κ1) is 13.2. The molecular weight excluding hydrogens is 214 g/mol. The Hall–Kier alpha value is 0.170. The molecule has 0 aliphatic carbocycles. The number of aliphatic hydroxyl groups excluding tert-OH is 1. The Kier molecular flexibility index (Phi) is 6.57. The first-order valence-corrected chi connectivity index (χ1v) is 6.30. The Morgan fingerprint density at radius 2 is 2.33 bits per heavy atom. The van der Waals surface area contributed by atoms with Crippen LogP contribution in [-0.4, -0.2) is 54.8 Å². The molecule has 1 fully saturated rings. The number of hydrogen-bond acceptors (Lipinski definition) is 3. The predicted molar refractivity (Wildman–Crippen MR) is 62.4 cm³/mol. The third-order valence-corrected chi connectivity index (χ3v) is 3.29. The molecule has 2 unspecified atom stereocenters. The number of hydrogen-bond donors (Lipinski definition) is 1. The van der Waals surface area contributed by atoms with E-state index in [2.05, 4.69) is 11.8 Å². The molecule has 2 atom stereocenters. The molecule has 0 bridgehead atoms. The summed E-state index contributed by atoms with van der Waals surface area (Å²) in [6.07, 6.45) is 2.24.